The molecule has 1 atom stereocenters. The second-order valence-corrected chi connectivity index (χ2v) is 5.34. The second-order valence-electron chi connectivity index (χ2n) is 5.34. The molecule has 1 amide bonds. The predicted molar refractivity (Wildman–Crippen MR) is 81.1 cm³/mol. The highest BCUT2D eigenvalue weighted by Gasteiger charge is 2.25. The lowest BCUT2D eigenvalue weighted by Crippen LogP contribution is -2.27. The van der Waals surface area contributed by atoms with Crippen LogP contribution < -0.4 is 16.0 Å². The molecule has 3 rings (SSSR count). The normalized spacial score (nSPS) is 17.3. The van der Waals surface area contributed by atoms with Gasteiger partial charge in [0.05, 0.1) is 5.69 Å². The number of nitrogens with zero attached hydrogens (tertiary/aromatic N) is 3. The van der Waals surface area contributed by atoms with Gasteiger partial charge in [0.25, 0.3) is 5.91 Å². The minimum absolute atomic E-state index is 0.0492. The van der Waals surface area contributed by atoms with E-state index in [1.165, 1.54) is 18.2 Å². The number of aromatic nitrogens is 2. The summed E-state index contributed by atoms with van der Waals surface area (Å²) in [5.41, 5.74) is 5.58. The molecule has 1 aliphatic rings. The molecule has 1 unspecified atom stereocenters. The van der Waals surface area contributed by atoms with Crippen molar-refractivity contribution in [2.75, 3.05) is 23.3 Å². The van der Waals surface area contributed by atoms with Crippen molar-refractivity contribution >= 4 is 17.4 Å². The third-order valence-electron chi connectivity index (χ3n) is 3.71. The minimum Gasteiger partial charge on any atom is -0.367 e. The molecule has 0 spiro atoms. The van der Waals surface area contributed by atoms with Gasteiger partial charge in [-0.1, -0.05) is 0 Å². The summed E-state index contributed by atoms with van der Waals surface area (Å²) in [7, 11) is 0. The highest BCUT2D eigenvalue weighted by molar-refractivity contribution is 5.90. The molecule has 0 bridgehead atoms. The van der Waals surface area contributed by atoms with Crippen LogP contribution in [0, 0.1) is 11.6 Å². The van der Waals surface area contributed by atoms with Crippen molar-refractivity contribution in [3.63, 3.8) is 0 Å². The molecule has 1 saturated heterocycles. The monoisotopic (exact) mass is 319 g/mol. The number of benzene rings is 1. The number of nitrogens with two attached hydrogens (primary N) is 1. The number of carbonyl (C=O) groups is 1. The summed E-state index contributed by atoms with van der Waals surface area (Å²) in [5, 5.41) is 10.8. The molecule has 0 radical (unpaired) electrons. The lowest BCUT2D eigenvalue weighted by Gasteiger charge is -2.19. The fourth-order valence-electron chi connectivity index (χ4n) is 2.58. The van der Waals surface area contributed by atoms with Gasteiger partial charge in [-0.3, -0.25) is 4.79 Å². The number of carbonyl (C=O) groups excluding carboxylic acids is 1. The molecule has 3 N–H and O–H groups in total. The van der Waals surface area contributed by atoms with Crippen molar-refractivity contribution in [2.45, 2.75) is 12.5 Å². The number of hydrogen-bond acceptors (Lipinski definition) is 5. The van der Waals surface area contributed by atoms with Gasteiger partial charge < -0.3 is 16.0 Å². The Bertz CT molecular complexity index is 722. The zero-order chi connectivity index (χ0) is 16.4. The zero-order valence-electron chi connectivity index (χ0n) is 12.2. The van der Waals surface area contributed by atoms with Crippen LogP contribution >= 0.6 is 0 Å². The smallest absolute Gasteiger partial charge is 0.269 e. The molecule has 1 aromatic carbocycles. The fourth-order valence-corrected chi connectivity index (χ4v) is 2.58. The van der Waals surface area contributed by atoms with Gasteiger partial charge in [-0.15, -0.1) is 10.2 Å². The van der Waals surface area contributed by atoms with Crippen LogP contribution in [0.25, 0.3) is 0 Å². The minimum atomic E-state index is -0.636. The molecule has 120 valence electrons. The predicted octanol–water partition coefficient (Wildman–Crippen LogP) is 1.54. The van der Waals surface area contributed by atoms with E-state index in [4.69, 9.17) is 5.73 Å². The van der Waals surface area contributed by atoms with Crippen LogP contribution in [0.15, 0.2) is 30.3 Å². The Morgan fingerprint density at radius 2 is 2.09 bits per heavy atom. The van der Waals surface area contributed by atoms with Crippen molar-refractivity contribution < 1.29 is 13.6 Å². The largest absolute Gasteiger partial charge is 0.367 e. The van der Waals surface area contributed by atoms with E-state index >= 15 is 0 Å². The van der Waals surface area contributed by atoms with Crippen LogP contribution in [-0.2, 0) is 0 Å². The van der Waals surface area contributed by atoms with Crippen molar-refractivity contribution in [1.29, 1.82) is 0 Å². The molecular formula is C15H15F2N5O. The van der Waals surface area contributed by atoms with E-state index in [1.54, 1.807) is 6.07 Å². The summed E-state index contributed by atoms with van der Waals surface area (Å²) in [6.45, 7) is 1.20. The number of rotatable bonds is 4. The van der Waals surface area contributed by atoms with E-state index in [-0.39, 0.29) is 11.7 Å². The second kappa shape index (κ2) is 6.15. The maximum Gasteiger partial charge on any atom is 0.269 e. The van der Waals surface area contributed by atoms with Crippen LogP contribution in [0.4, 0.5) is 20.3 Å². The third-order valence-corrected chi connectivity index (χ3v) is 3.71. The number of primary amides is 1. The summed E-state index contributed by atoms with van der Waals surface area (Å²) in [6, 6.07) is 6.72. The first-order valence-corrected chi connectivity index (χ1v) is 7.13. The van der Waals surface area contributed by atoms with Gasteiger partial charge >= 0.3 is 0 Å². The number of anilines is 2. The lowest BCUT2D eigenvalue weighted by atomic mass is 10.2. The Balaban J connectivity index is 1.64. The summed E-state index contributed by atoms with van der Waals surface area (Å²) >= 11 is 0. The van der Waals surface area contributed by atoms with Crippen LogP contribution in [0.1, 0.15) is 16.9 Å². The number of hydrogen-bond donors (Lipinski definition) is 2. The molecule has 1 aromatic heterocycles. The van der Waals surface area contributed by atoms with E-state index < -0.39 is 17.5 Å². The lowest BCUT2D eigenvalue weighted by molar-refractivity contribution is 0.0994. The SMILES string of the molecule is NC(=O)c1ccc(NC2CCN(c3ccc(F)cc3F)C2)nn1. The van der Waals surface area contributed by atoms with E-state index in [1.807, 2.05) is 4.90 Å². The fraction of sp³-hybridized carbons (Fsp3) is 0.267. The van der Waals surface area contributed by atoms with E-state index in [0.29, 0.717) is 24.6 Å². The Morgan fingerprint density at radius 3 is 2.74 bits per heavy atom. The topological polar surface area (TPSA) is 84.1 Å². The molecular weight excluding hydrogens is 304 g/mol. The Hall–Kier alpha value is -2.77. The van der Waals surface area contributed by atoms with Crippen LogP contribution in [0.3, 0.4) is 0 Å². The number of halogens is 2. The summed E-state index contributed by atoms with van der Waals surface area (Å²) in [4.78, 5) is 12.8. The van der Waals surface area contributed by atoms with Gasteiger partial charge in [-0.05, 0) is 30.7 Å². The summed E-state index contributed by atoms with van der Waals surface area (Å²) in [6.07, 6.45) is 0.774. The van der Waals surface area contributed by atoms with E-state index in [0.717, 1.165) is 12.5 Å². The van der Waals surface area contributed by atoms with Crippen LogP contribution in [0.2, 0.25) is 0 Å². The number of amides is 1. The highest BCUT2D eigenvalue weighted by Crippen LogP contribution is 2.25. The van der Waals surface area contributed by atoms with Crippen LogP contribution in [0.5, 0.6) is 0 Å². The Morgan fingerprint density at radius 1 is 1.26 bits per heavy atom. The molecule has 0 saturated carbocycles. The standard InChI is InChI=1S/C15H15F2N5O/c16-9-1-3-13(11(17)7-9)22-6-5-10(8-22)19-14-4-2-12(15(18)23)20-21-14/h1-4,7,10H,5-6,8H2,(H2,18,23)(H,19,21). The Kier molecular flexibility index (Phi) is 4.05. The first kappa shape index (κ1) is 15.1. The maximum absolute atomic E-state index is 13.8. The molecule has 1 aliphatic heterocycles. The van der Waals surface area contributed by atoms with Gasteiger partial charge in [0, 0.05) is 25.2 Å². The molecule has 2 heterocycles. The molecule has 6 nitrogen and oxygen atoms in total. The molecule has 23 heavy (non-hydrogen) atoms. The van der Waals surface area contributed by atoms with Crippen molar-refractivity contribution in [2.24, 2.45) is 5.73 Å². The van der Waals surface area contributed by atoms with Gasteiger partial charge in [-0.2, -0.15) is 0 Å². The quantitative estimate of drug-likeness (QED) is 0.893. The zero-order valence-corrected chi connectivity index (χ0v) is 12.2. The average molecular weight is 319 g/mol. The van der Waals surface area contributed by atoms with Gasteiger partial charge in [-0.25, -0.2) is 8.78 Å². The van der Waals surface area contributed by atoms with Crippen molar-refractivity contribution in [1.82, 2.24) is 10.2 Å². The molecule has 1 fully saturated rings. The molecule has 2 aromatic rings. The Labute approximate surface area is 131 Å². The van der Waals surface area contributed by atoms with E-state index in [9.17, 15) is 13.6 Å². The molecule has 8 heteroatoms. The first-order valence-electron chi connectivity index (χ1n) is 7.13. The van der Waals surface area contributed by atoms with Gasteiger partial charge in [0.2, 0.25) is 0 Å². The van der Waals surface area contributed by atoms with Crippen LogP contribution in [-0.4, -0.2) is 35.2 Å². The average Bonchev–Trinajstić information content (AvgIpc) is 2.96. The summed E-state index contributed by atoms with van der Waals surface area (Å²) < 4.78 is 26.8. The first-order chi connectivity index (χ1) is 11.0. The summed E-state index contributed by atoms with van der Waals surface area (Å²) in [5.74, 6) is -1.29. The molecule has 0 aliphatic carbocycles. The van der Waals surface area contributed by atoms with Crippen molar-refractivity contribution in [3.05, 3.63) is 47.7 Å². The van der Waals surface area contributed by atoms with E-state index in [2.05, 4.69) is 15.5 Å². The van der Waals surface area contributed by atoms with Gasteiger partial charge in [0.15, 0.2) is 5.69 Å². The maximum atomic E-state index is 13.8. The van der Waals surface area contributed by atoms with Crippen molar-refractivity contribution in [3.8, 4) is 0 Å². The number of nitrogens with one attached hydrogen (secondary N) is 1. The third kappa shape index (κ3) is 3.36. The highest BCUT2D eigenvalue weighted by atomic mass is 19.1. The van der Waals surface area contributed by atoms with Gasteiger partial charge in [0.1, 0.15) is 17.5 Å².